The molecule has 6 nitrogen and oxygen atoms in total. The normalized spacial score (nSPS) is 12.6. The third-order valence-corrected chi connectivity index (χ3v) is 7.25. The molecule has 1 aromatic carbocycles. The molecule has 0 saturated carbocycles. The monoisotopic (exact) mass is 431 g/mol. The van der Waals surface area contributed by atoms with Gasteiger partial charge in [0.1, 0.15) is 10.7 Å². The van der Waals surface area contributed by atoms with Crippen molar-refractivity contribution in [1.82, 2.24) is 24.7 Å². The standard InChI is InChI=1S/C19H18ClN5OS2/c1-9-10(2)27-18-14(9)17(26)21-15(22-18)11(3)28-19-24-23-16(25(19)4)12-7-5-6-8-13(12)20/h5-8,11H,1-4H3,(H,21,22,26). The number of fused-ring (bicyclic) bond motifs is 1. The van der Waals surface area contributed by atoms with Crippen molar-refractivity contribution < 1.29 is 0 Å². The Morgan fingerprint density at radius 2 is 2.00 bits per heavy atom. The van der Waals surface area contributed by atoms with Crippen LogP contribution >= 0.6 is 34.7 Å². The zero-order valence-electron chi connectivity index (χ0n) is 15.8. The molecule has 0 saturated heterocycles. The number of hydrogen-bond acceptors (Lipinski definition) is 6. The van der Waals surface area contributed by atoms with Crippen LogP contribution in [0.25, 0.3) is 21.6 Å². The van der Waals surface area contributed by atoms with Crippen molar-refractivity contribution >= 4 is 44.9 Å². The van der Waals surface area contributed by atoms with Gasteiger partial charge in [-0.05, 0) is 38.5 Å². The van der Waals surface area contributed by atoms with Crippen molar-refractivity contribution in [3.05, 3.63) is 55.9 Å². The maximum absolute atomic E-state index is 12.5. The summed E-state index contributed by atoms with van der Waals surface area (Å²) >= 11 is 9.33. The minimum Gasteiger partial charge on any atom is -0.309 e. The highest BCUT2D eigenvalue weighted by Gasteiger charge is 2.20. The van der Waals surface area contributed by atoms with Crippen LogP contribution in [-0.2, 0) is 7.05 Å². The first-order valence-corrected chi connectivity index (χ1v) is 10.7. The molecule has 0 fully saturated rings. The summed E-state index contributed by atoms with van der Waals surface area (Å²) in [6.07, 6.45) is 0. The summed E-state index contributed by atoms with van der Waals surface area (Å²) in [5, 5.41) is 10.5. The summed E-state index contributed by atoms with van der Waals surface area (Å²) in [5.41, 5.74) is 1.73. The number of halogens is 1. The largest absolute Gasteiger partial charge is 0.309 e. The quantitative estimate of drug-likeness (QED) is 0.465. The molecule has 0 aliphatic carbocycles. The van der Waals surface area contributed by atoms with Crippen LogP contribution < -0.4 is 5.56 Å². The van der Waals surface area contributed by atoms with Crippen LogP contribution in [0.15, 0.2) is 34.2 Å². The molecule has 3 aromatic heterocycles. The zero-order valence-corrected chi connectivity index (χ0v) is 18.2. The molecule has 9 heteroatoms. The summed E-state index contributed by atoms with van der Waals surface area (Å²) < 4.78 is 1.90. The summed E-state index contributed by atoms with van der Waals surface area (Å²) in [7, 11) is 1.90. The van der Waals surface area contributed by atoms with E-state index in [1.165, 1.54) is 11.8 Å². The number of rotatable bonds is 4. The second-order valence-electron chi connectivity index (χ2n) is 6.52. The molecule has 4 aromatic rings. The Hall–Kier alpha value is -2.16. The van der Waals surface area contributed by atoms with E-state index in [1.54, 1.807) is 11.3 Å². The number of benzene rings is 1. The second kappa shape index (κ2) is 7.35. The minimum absolute atomic E-state index is 0.0935. The highest BCUT2D eigenvalue weighted by molar-refractivity contribution is 7.99. The van der Waals surface area contributed by atoms with Gasteiger partial charge in [0.25, 0.3) is 5.56 Å². The van der Waals surface area contributed by atoms with E-state index in [2.05, 4.69) is 20.2 Å². The lowest BCUT2D eigenvalue weighted by Gasteiger charge is -2.10. The smallest absolute Gasteiger partial charge is 0.259 e. The SMILES string of the molecule is Cc1sc2nc(C(C)Sc3nnc(-c4ccccc4Cl)n3C)[nH]c(=O)c2c1C. The summed E-state index contributed by atoms with van der Waals surface area (Å²) in [4.78, 5) is 22.0. The Morgan fingerprint density at radius 3 is 2.75 bits per heavy atom. The third kappa shape index (κ3) is 3.25. The number of nitrogens with one attached hydrogen (secondary N) is 1. The molecule has 1 unspecified atom stereocenters. The van der Waals surface area contributed by atoms with Gasteiger partial charge in [0.15, 0.2) is 11.0 Å². The van der Waals surface area contributed by atoms with Gasteiger partial charge in [-0.3, -0.25) is 4.79 Å². The topological polar surface area (TPSA) is 76.5 Å². The predicted molar refractivity (Wildman–Crippen MR) is 115 cm³/mol. The van der Waals surface area contributed by atoms with E-state index in [-0.39, 0.29) is 10.8 Å². The number of thiophene rings is 1. The molecule has 0 spiro atoms. The Bertz CT molecular complexity index is 1240. The number of aromatic nitrogens is 5. The van der Waals surface area contributed by atoms with Gasteiger partial charge in [-0.15, -0.1) is 21.5 Å². The van der Waals surface area contributed by atoms with Gasteiger partial charge in [-0.2, -0.15) is 0 Å². The van der Waals surface area contributed by atoms with Crippen LogP contribution in [0.2, 0.25) is 5.02 Å². The molecular formula is C19H18ClN5OS2. The number of nitrogens with zero attached hydrogens (tertiary/aromatic N) is 4. The molecule has 0 aliphatic rings. The van der Waals surface area contributed by atoms with E-state index in [0.29, 0.717) is 22.1 Å². The van der Waals surface area contributed by atoms with Crippen LogP contribution in [0.4, 0.5) is 0 Å². The lowest BCUT2D eigenvalue weighted by Crippen LogP contribution is -2.12. The van der Waals surface area contributed by atoms with Gasteiger partial charge in [0.2, 0.25) is 0 Å². The Morgan fingerprint density at radius 1 is 1.25 bits per heavy atom. The van der Waals surface area contributed by atoms with Crippen molar-refractivity contribution in [2.75, 3.05) is 0 Å². The Balaban J connectivity index is 1.66. The molecule has 0 radical (unpaired) electrons. The van der Waals surface area contributed by atoms with Gasteiger partial charge in [-0.25, -0.2) is 4.98 Å². The van der Waals surface area contributed by atoms with Gasteiger partial charge in [0.05, 0.1) is 15.7 Å². The van der Waals surface area contributed by atoms with Crippen molar-refractivity contribution in [3.8, 4) is 11.4 Å². The van der Waals surface area contributed by atoms with Crippen LogP contribution in [0, 0.1) is 13.8 Å². The molecule has 1 N–H and O–H groups in total. The number of H-pyrrole nitrogens is 1. The van der Waals surface area contributed by atoms with Gasteiger partial charge < -0.3 is 9.55 Å². The second-order valence-corrected chi connectivity index (χ2v) is 9.44. The number of aromatic amines is 1. The molecule has 4 rings (SSSR count). The lowest BCUT2D eigenvalue weighted by molar-refractivity contribution is 0.786. The van der Waals surface area contributed by atoms with E-state index >= 15 is 0 Å². The van der Waals surface area contributed by atoms with Crippen molar-refractivity contribution in [3.63, 3.8) is 0 Å². The highest BCUT2D eigenvalue weighted by atomic mass is 35.5. The average Bonchev–Trinajstić information content (AvgIpc) is 3.15. The fraction of sp³-hybridized carbons (Fsp3) is 0.263. The average molecular weight is 432 g/mol. The van der Waals surface area contributed by atoms with E-state index in [1.807, 2.05) is 56.7 Å². The molecule has 1 atom stereocenters. The third-order valence-electron chi connectivity index (χ3n) is 4.67. The van der Waals surface area contributed by atoms with Crippen LogP contribution in [0.5, 0.6) is 0 Å². The Labute approximate surface area is 175 Å². The van der Waals surface area contributed by atoms with Crippen molar-refractivity contribution in [2.45, 2.75) is 31.2 Å². The number of aryl methyl sites for hydroxylation is 2. The summed E-state index contributed by atoms with van der Waals surface area (Å²) in [5.74, 6) is 1.33. The summed E-state index contributed by atoms with van der Waals surface area (Å²) in [6, 6.07) is 7.54. The van der Waals surface area contributed by atoms with Crippen molar-refractivity contribution in [1.29, 1.82) is 0 Å². The van der Waals surface area contributed by atoms with Crippen molar-refractivity contribution in [2.24, 2.45) is 7.05 Å². The Kier molecular flexibility index (Phi) is 5.03. The van der Waals surface area contributed by atoms with Crippen LogP contribution in [0.3, 0.4) is 0 Å². The maximum Gasteiger partial charge on any atom is 0.259 e. The summed E-state index contributed by atoms with van der Waals surface area (Å²) in [6.45, 7) is 5.96. The molecule has 0 aliphatic heterocycles. The van der Waals surface area contributed by atoms with Gasteiger partial charge in [0, 0.05) is 17.5 Å². The van der Waals surface area contributed by atoms with E-state index in [0.717, 1.165) is 26.0 Å². The zero-order chi connectivity index (χ0) is 20.0. The fourth-order valence-electron chi connectivity index (χ4n) is 2.97. The minimum atomic E-state index is -0.0955. The van der Waals surface area contributed by atoms with E-state index in [4.69, 9.17) is 11.6 Å². The highest BCUT2D eigenvalue weighted by Crippen LogP contribution is 2.35. The molecule has 0 amide bonds. The van der Waals surface area contributed by atoms with Gasteiger partial charge >= 0.3 is 0 Å². The molecule has 144 valence electrons. The fourth-order valence-corrected chi connectivity index (χ4v) is 5.10. The number of hydrogen-bond donors (Lipinski definition) is 1. The first kappa shape index (κ1) is 19.2. The first-order valence-electron chi connectivity index (χ1n) is 8.67. The van der Waals surface area contributed by atoms with Crippen LogP contribution in [0.1, 0.15) is 28.4 Å². The molecule has 28 heavy (non-hydrogen) atoms. The predicted octanol–water partition coefficient (Wildman–Crippen LogP) is 4.90. The first-order chi connectivity index (χ1) is 13.4. The van der Waals surface area contributed by atoms with Crippen LogP contribution in [-0.4, -0.2) is 24.7 Å². The lowest BCUT2D eigenvalue weighted by atomic mass is 10.2. The van der Waals surface area contributed by atoms with E-state index in [9.17, 15) is 4.79 Å². The molecule has 0 bridgehead atoms. The molecular weight excluding hydrogens is 414 g/mol. The number of thioether (sulfide) groups is 1. The molecule has 3 heterocycles. The van der Waals surface area contributed by atoms with E-state index < -0.39 is 0 Å². The van der Waals surface area contributed by atoms with Gasteiger partial charge in [-0.1, -0.05) is 35.5 Å². The maximum atomic E-state index is 12.5.